The molecule has 2 N–H and O–H groups in total. The van der Waals surface area contributed by atoms with Crippen molar-refractivity contribution in [2.75, 3.05) is 13.2 Å². The Labute approximate surface area is 109 Å². The van der Waals surface area contributed by atoms with Crippen molar-refractivity contribution in [3.63, 3.8) is 0 Å². The van der Waals surface area contributed by atoms with E-state index in [2.05, 4.69) is 19.7 Å². The lowest BCUT2D eigenvalue weighted by atomic mass is 10.1. The van der Waals surface area contributed by atoms with Gasteiger partial charge in [0.1, 0.15) is 10.4 Å². The smallest absolute Gasteiger partial charge is 0.271 e. The Balaban J connectivity index is 2.23. The molecule has 0 fully saturated rings. The molecule has 0 bridgehead atoms. The van der Waals surface area contributed by atoms with Crippen LogP contribution in [-0.4, -0.2) is 32.9 Å². The summed E-state index contributed by atoms with van der Waals surface area (Å²) in [4.78, 5) is 5.05. The SMILES string of the molecule is CCOCC(C)(N)c1noc(-c2snnc2C)n1. The minimum atomic E-state index is -0.774. The van der Waals surface area contributed by atoms with Gasteiger partial charge in [0.25, 0.3) is 5.89 Å². The zero-order valence-corrected chi connectivity index (χ0v) is 11.3. The van der Waals surface area contributed by atoms with Gasteiger partial charge in [-0.3, -0.25) is 0 Å². The summed E-state index contributed by atoms with van der Waals surface area (Å²) in [6.45, 7) is 6.47. The van der Waals surface area contributed by atoms with Crippen LogP contribution >= 0.6 is 11.5 Å². The molecule has 2 aromatic heterocycles. The number of nitrogens with zero attached hydrogens (tertiary/aromatic N) is 4. The number of hydrogen-bond acceptors (Lipinski definition) is 8. The molecular weight excluding hydrogens is 254 g/mol. The average Bonchev–Trinajstić information content (AvgIpc) is 2.94. The summed E-state index contributed by atoms with van der Waals surface area (Å²) in [7, 11) is 0. The van der Waals surface area contributed by atoms with E-state index in [4.69, 9.17) is 15.0 Å². The molecule has 2 rings (SSSR count). The molecule has 0 aliphatic heterocycles. The van der Waals surface area contributed by atoms with E-state index in [1.807, 2.05) is 13.8 Å². The second kappa shape index (κ2) is 5.09. The fourth-order valence-electron chi connectivity index (χ4n) is 1.35. The largest absolute Gasteiger partial charge is 0.379 e. The van der Waals surface area contributed by atoms with E-state index in [1.165, 1.54) is 11.5 Å². The fraction of sp³-hybridized carbons (Fsp3) is 0.600. The Kier molecular flexibility index (Phi) is 3.69. The van der Waals surface area contributed by atoms with E-state index >= 15 is 0 Å². The summed E-state index contributed by atoms with van der Waals surface area (Å²) in [6.07, 6.45) is 0. The number of hydrogen-bond donors (Lipinski definition) is 1. The van der Waals surface area contributed by atoms with Crippen molar-refractivity contribution in [3.05, 3.63) is 11.5 Å². The number of ether oxygens (including phenoxy) is 1. The van der Waals surface area contributed by atoms with E-state index in [9.17, 15) is 0 Å². The van der Waals surface area contributed by atoms with Gasteiger partial charge in [-0.25, -0.2) is 0 Å². The van der Waals surface area contributed by atoms with Crippen LogP contribution in [0.4, 0.5) is 0 Å². The van der Waals surface area contributed by atoms with Gasteiger partial charge in [-0.2, -0.15) is 4.98 Å². The second-order valence-corrected chi connectivity index (χ2v) is 4.92. The van der Waals surface area contributed by atoms with Crippen molar-refractivity contribution >= 4 is 11.5 Å². The molecule has 0 saturated carbocycles. The predicted molar refractivity (Wildman–Crippen MR) is 66.0 cm³/mol. The monoisotopic (exact) mass is 269 g/mol. The Morgan fingerprint density at radius 1 is 1.50 bits per heavy atom. The third kappa shape index (κ3) is 2.55. The predicted octanol–water partition coefficient (Wildman–Crippen LogP) is 1.11. The van der Waals surface area contributed by atoms with Gasteiger partial charge in [0.2, 0.25) is 0 Å². The lowest BCUT2D eigenvalue weighted by molar-refractivity contribution is 0.0962. The summed E-state index contributed by atoms with van der Waals surface area (Å²) in [5, 5.41) is 7.80. The normalized spacial score (nSPS) is 14.7. The molecule has 8 heteroatoms. The molecule has 2 aromatic rings. The first-order valence-corrected chi connectivity index (χ1v) is 6.32. The van der Waals surface area contributed by atoms with E-state index in [1.54, 1.807) is 6.92 Å². The van der Waals surface area contributed by atoms with Crippen molar-refractivity contribution in [1.82, 2.24) is 19.7 Å². The van der Waals surface area contributed by atoms with Crippen LogP contribution in [0.25, 0.3) is 10.8 Å². The highest BCUT2D eigenvalue weighted by Crippen LogP contribution is 2.25. The summed E-state index contributed by atoms with van der Waals surface area (Å²) in [5.74, 6) is 0.810. The molecule has 0 aromatic carbocycles. The van der Waals surface area contributed by atoms with Gasteiger partial charge in [-0.15, -0.1) is 5.10 Å². The van der Waals surface area contributed by atoms with Crippen LogP contribution in [0.3, 0.4) is 0 Å². The maximum atomic E-state index is 6.09. The highest BCUT2D eigenvalue weighted by atomic mass is 32.1. The molecule has 1 atom stereocenters. The average molecular weight is 269 g/mol. The van der Waals surface area contributed by atoms with Crippen LogP contribution in [-0.2, 0) is 10.3 Å². The van der Waals surface area contributed by atoms with Gasteiger partial charge in [0.15, 0.2) is 5.82 Å². The minimum Gasteiger partial charge on any atom is -0.379 e. The van der Waals surface area contributed by atoms with E-state index in [0.29, 0.717) is 24.9 Å². The summed E-state index contributed by atoms with van der Waals surface area (Å²) in [6, 6.07) is 0. The van der Waals surface area contributed by atoms with Crippen molar-refractivity contribution in [2.45, 2.75) is 26.3 Å². The number of rotatable bonds is 5. The van der Waals surface area contributed by atoms with Gasteiger partial charge in [-0.05, 0) is 32.3 Å². The molecule has 0 aliphatic carbocycles. The first-order valence-electron chi connectivity index (χ1n) is 5.54. The van der Waals surface area contributed by atoms with Gasteiger partial charge >= 0.3 is 0 Å². The third-order valence-corrected chi connectivity index (χ3v) is 3.20. The second-order valence-electron chi connectivity index (χ2n) is 4.17. The van der Waals surface area contributed by atoms with Crippen LogP contribution in [0, 0.1) is 6.92 Å². The molecule has 2 heterocycles. The molecule has 0 saturated heterocycles. The molecule has 0 spiro atoms. The number of aryl methyl sites for hydroxylation is 1. The minimum absolute atomic E-state index is 0.336. The molecule has 0 aliphatic rings. The number of aromatic nitrogens is 4. The molecule has 98 valence electrons. The number of nitrogens with two attached hydrogens (primary N) is 1. The zero-order chi connectivity index (χ0) is 13.2. The molecule has 7 nitrogen and oxygen atoms in total. The van der Waals surface area contributed by atoms with E-state index < -0.39 is 5.54 Å². The Morgan fingerprint density at radius 3 is 2.89 bits per heavy atom. The van der Waals surface area contributed by atoms with Crippen LogP contribution in [0.1, 0.15) is 25.4 Å². The zero-order valence-electron chi connectivity index (χ0n) is 10.5. The molecule has 0 radical (unpaired) electrons. The molecule has 0 amide bonds. The summed E-state index contributed by atoms with van der Waals surface area (Å²) < 4.78 is 14.3. The van der Waals surface area contributed by atoms with E-state index in [-0.39, 0.29) is 0 Å². The van der Waals surface area contributed by atoms with E-state index in [0.717, 1.165) is 10.6 Å². The Hall–Kier alpha value is -1.38. The van der Waals surface area contributed by atoms with Gasteiger partial charge in [-0.1, -0.05) is 9.64 Å². The maximum absolute atomic E-state index is 6.09. The summed E-state index contributed by atoms with van der Waals surface area (Å²) >= 11 is 1.22. The first kappa shape index (κ1) is 13.1. The van der Waals surface area contributed by atoms with Crippen molar-refractivity contribution in [1.29, 1.82) is 0 Å². The lowest BCUT2D eigenvalue weighted by Crippen LogP contribution is -2.39. The molecule has 18 heavy (non-hydrogen) atoms. The quantitative estimate of drug-likeness (QED) is 0.867. The fourth-order valence-corrected chi connectivity index (χ4v) is 1.93. The van der Waals surface area contributed by atoms with Crippen molar-refractivity contribution in [3.8, 4) is 10.8 Å². The highest BCUT2D eigenvalue weighted by Gasteiger charge is 2.28. The Morgan fingerprint density at radius 2 is 2.28 bits per heavy atom. The van der Waals surface area contributed by atoms with Crippen molar-refractivity contribution < 1.29 is 9.26 Å². The van der Waals surface area contributed by atoms with Crippen LogP contribution in [0.5, 0.6) is 0 Å². The van der Waals surface area contributed by atoms with Crippen molar-refractivity contribution in [2.24, 2.45) is 5.73 Å². The van der Waals surface area contributed by atoms with Crippen LogP contribution < -0.4 is 5.73 Å². The molecular formula is C10H15N5O2S. The standard InChI is InChI=1S/C10H15N5O2S/c1-4-16-5-10(3,11)9-12-8(17-14-9)7-6(2)13-15-18-7/h4-5,11H2,1-3H3. The maximum Gasteiger partial charge on any atom is 0.271 e. The lowest BCUT2D eigenvalue weighted by Gasteiger charge is -2.19. The summed E-state index contributed by atoms with van der Waals surface area (Å²) in [5.41, 5.74) is 6.08. The third-order valence-electron chi connectivity index (χ3n) is 2.39. The Bertz CT molecular complexity index is 522. The first-order chi connectivity index (χ1) is 8.54. The van der Waals surface area contributed by atoms with Gasteiger partial charge < -0.3 is 15.0 Å². The van der Waals surface area contributed by atoms with Crippen LogP contribution in [0.2, 0.25) is 0 Å². The van der Waals surface area contributed by atoms with Gasteiger partial charge in [0.05, 0.1) is 12.3 Å². The van der Waals surface area contributed by atoms with Crippen LogP contribution in [0.15, 0.2) is 4.52 Å². The topological polar surface area (TPSA) is 100.0 Å². The van der Waals surface area contributed by atoms with Gasteiger partial charge in [0, 0.05) is 6.61 Å². The molecule has 1 unspecified atom stereocenters. The highest BCUT2D eigenvalue weighted by molar-refractivity contribution is 7.09.